The third-order valence-corrected chi connectivity index (χ3v) is 9.03. The summed E-state index contributed by atoms with van der Waals surface area (Å²) in [4.78, 5) is 15.0. The van der Waals surface area contributed by atoms with Crippen LogP contribution in [0.4, 0.5) is 0 Å². The van der Waals surface area contributed by atoms with E-state index in [1.807, 2.05) is 0 Å². The van der Waals surface area contributed by atoms with E-state index < -0.39 is 19.5 Å². The largest absolute Gasteiger partial charge is 0.493 e. The highest BCUT2D eigenvalue weighted by Gasteiger charge is 2.43. The third-order valence-electron chi connectivity index (χ3n) is 7.04. The molecular weight excluding hydrogens is 495 g/mol. The maximum atomic E-state index is 14.0. The Hall–Kier alpha value is -1.64. The van der Waals surface area contributed by atoms with E-state index in [2.05, 4.69) is 36.0 Å². The number of esters is 1. The number of hydrogen-bond donors (Lipinski definition) is 1. The van der Waals surface area contributed by atoms with Crippen LogP contribution in [0, 0.1) is 11.8 Å². The molecule has 4 unspecified atom stereocenters. The first kappa shape index (κ1) is 29.9. The van der Waals surface area contributed by atoms with Gasteiger partial charge in [-0.25, -0.2) is 5.09 Å². The van der Waals surface area contributed by atoms with Crippen molar-refractivity contribution >= 4 is 13.5 Å². The SMILES string of the molecule is COCP(=O)(N[C@@H](C)C(=O)OC(C)C)OC1CC2c3cc(OC)c(OC)cc3CCN2CC1CC(C)C. The maximum Gasteiger partial charge on any atom is 0.323 e. The molecule has 0 bridgehead atoms. The Balaban J connectivity index is 1.89. The molecule has 9 nitrogen and oxygen atoms in total. The van der Waals surface area contributed by atoms with Crippen molar-refractivity contribution in [3.8, 4) is 11.5 Å². The van der Waals surface area contributed by atoms with Gasteiger partial charge < -0.3 is 23.5 Å². The van der Waals surface area contributed by atoms with Crippen molar-refractivity contribution < 1.29 is 32.8 Å². The van der Waals surface area contributed by atoms with E-state index in [1.165, 1.54) is 18.2 Å². The fourth-order valence-corrected chi connectivity index (χ4v) is 7.46. The quantitative estimate of drug-likeness (QED) is 0.297. The molecule has 0 amide bonds. The van der Waals surface area contributed by atoms with Crippen LogP contribution in [0.1, 0.15) is 64.6 Å². The summed E-state index contributed by atoms with van der Waals surface area (Å²) in [6.07, 6.45) is 1.90. The number of ether oxygens (including phenoxy) is 4. The fourth-order valence-electron chi connectivity index (χ4n) is 5.54. The lowest BCUT2D eigenvalue weighted by atomic mass is 9.79. The number of piperidine rings is 1. The zero-order valence-corrected chi connectivity index (χ0v) is 24.5. The van der Waals surface area contributed by atoms with Gasteiger partial charge in [0.1, 0.15) is 12.4 Å². The number of fused-ring (bicyclic) bond motifs is 3. The normalized spacial score (nSPS) is 24.2. The van der Waals surface area contributed by atoms with Gasteiger partial charge in [-0.1, -0.05) is 13.8 Å². The minimum absolute atomic E-state index is 0.108. The molecule has 1 fully saturated rings. The van der Waals surface area contributed by atoms with Gasteiger partial charge in [-0.05, 0) is 75.1 Å². The Kier molecular flexibility index (Phi) is 10.5. The van der Waals surface area contributed by atoms with Gasteiger partial charge in [0.05, 0.1) is 26.4 Å². The summed E-state index contributed by atoms with van der Waals surface area (Å²) >= 11 is 0. The first-order chi connectivity index (χ1) is 17.5. The molecule has 0 aliphatic carbocycles. The molecule has 210 valence electrons. The average Bonchev–Trinajstić information content (AvgIpc) is 2.82. The molecule has 0 spiro atoms. The number of carbonyl (C=O) groups is 1. The van der Waals surface area contributed by atoms with Crippen LogP contribution >= 0.6 is 7.52 Å². The summed E-state index contributed by atoms with van der Waals surface area (Å²) in [6.45, 7) is 11.4. The Morgan fingerprint density at radius 3 is 2.38 bits per heavy atom. The lowest BCUT2D eigenvalue weighted by Crippen LogP contribution is -2.49. The van der Waals surface area contributed by atoms with Crippen molar-refractivity contribution in [2.75, 3.05) is 40.8 Å². The van der Waals surface area contributed by atoms with Crippen LogP contribution in [0.2, 0.25) is 0 Å². The van der Waals surface area contributed by atoms with Gasteiger partial charge in [0.25, 0.3) is 7.52 Å². The Morgan fingerprint density at radius 2 is 1.78 bits per heavy atom. The molecule has 5 atom stereocenters. The Bertz CT molecular complexity index is 970. The highest BCUT2D eigenvalue weighted by atomic mass is 31.2. The molecular formula is C27H45N2O7P. The molecule has 0 aromatic heterocycles. The Labute approximate surface area is 222 Å². The van der Waals surface area contributed by atoms with Gasteiger partial charge in [-0.15, -0.1) is 0 Å². The molecule has 0 radical (unpaired) electrons. The van der Waals surface area contributed by atoms with E-state index in [9.17, 15) is 9.36 Å². The first-order valence-corrected chi connectivity index (χ1v) is 15.0. The standard InChI is InChI=1S/C27H45N2O7P/c1-17(2)11-21-15-29-10-9-20-12-25(33-7)26(34-8)13-22(20)23(29)14-24(21)36-37(31,16-32-6)28-19(5)27(30)35-18(3)4/h12-13,17-19,21,23-24H,9-11,14-16H2,1-8H3,(H,28,31)/t19-,21?,23?,24?,37?/m0/s1. The van der Waals surface area contributed by atoms with E-state index in [-0.39, 0.29) is 30.5 Å². The van der Waals surface area contributed by atoms with Crippen LogP contribution in [0.5, 0.6) is 11.5 Å². The van der Waals surface area contributed by atoms with Gasteiger partial charge in [0.2, 0.25) is 0 Å². The van der Waals surface area contributed by atoms with Crippen molar-refractivity contribution in [2.45, 2.75) is 78.2 Å². The second-order valence-electron chi connectivity index (χ2n) is 10.9. The number of methoxy groups -OCH3 is 3. The molecule has 2 aliphatic heterocycles. The summed E-state index contributed by atoms with van der Waals surface area (Å²) in [7, 11) is 1.27. The van der Waals surface area contributed by atoms with Gasteiger partial charge >= 0.3 is 5.97 Å². The zero-order valence-electron chi connectivity index (χ0n) is 23.6. The molecule has 10 heteroatoms. The van der Waals surface area contributed by atoms with Crippen LogP contribution in [0.3, 0.4) is 0 Å². The third kappa shape index (κ3) is 7.48. The number of nitrogens with one attached hydrogen (secondary N) is 1. The van der Waals surface area contributed by atoms with E-state index in [0.29, 0.717) is 18.1 Å². The number of benzene rings is 1. The van der Waals surface area contributed by atoms with E-state index in [0.717, 1.165) is 31.7 Å². The van der Waals surface area contributed by atoms with Crippen molar-refractivity contribution in [1.29, 1.82) is 0 Å². The molecule has 2 heterocycles. The molecule has 2 aliphatic rings. The first-order valence-electron chi connectivity index (χ1n) is 13.2. The zero-order chi connectivity index (χ0) is 27.3. The fraction of sp³-hybridized carbons (Fsp3) is 0.741. The van der Waals surface area contributed by atoms with Gasteiger partial charge in [-0.3, -0.25) is 14.3 Å². The summed E-state index contributed by atoms with van der Waals surface area (Å²) in [6, 6.07) is 3.46. The average molecular weight is 541 g/mol. The molecule has 0 saturated carbocycles. The minimum Gasteiger partial charge on any atom is -0.493 e. The molecule has 1 aromatic rings. The monoisotopic (exact) mass is 540 g/mol. The number of rotatable bonds is 12. The van der Waals surface area contributed by atoms with E-state index in [1.54, 1.807) is 35.0 Å². The van der Waals surface area contributed by atoms with Gasteiger partial charge in [0, 0.05) is 26.2 Å². The molecule has 3 rings (SSSR count). The van der Waals surface area contributed by atoms with Gasteiger partial charge in [0.15, 0.2) is 11.5 Å². The summed E-state index contributed by atoms with van der Waals surface area (Å²) in [5.74, 6) is 1.62. The molecule has 1 aromatic carbocycles. The van der Waals surface area contributed by atoms with Crippen molar-refractivity contribution in [3.63, 3.8) is 0 Å². The number of nitrogens with zero attached hydrogens (tertiary/aromatic N) is 1. The van der Waals surface area contributed by atoms with Gasteiger partial charge in [-0.2, -0.15) is 0 Å². The van der Waals surface area contributed by atoms with Crippen molar-refractivity contribution in [1.82, 2.24) is 9.99 Å². The number of carbonyl (C=O) groups excluding carboxylic acids is 1. The second kappa shape index (κ2) is 12.9. The summed E-state index contributed by atoms with van der Waals surface area (Å²) < 4.78 is 42.2. The highest BCUT2D eigenvalue weighted by Crippen LogP contribution is 2.51. The lowest BCUT2D eigenvalue weighted by molar-refractivity contribution is -0.149. The maximum absolute atomic E-state index is 14.0. The topological polar surface area (TPSA) is 95.6 Å². The van der Waals surface area contributed by atoms with Crippen LogP contribution in [0.25, 0.3) is 0 Å². The smallest absolute Gasteiger partial charge is 0.323 e. The van der Waals surface area contributed by atoms with E-state index >= 15 is 0 Å². The lowest BCUT2D eigenvalue weighted by Gasteiger charge is -2.48. The summed E-state index contributed by atoms with van der Waals surface area (Å²) in [5.41, 5.74) is 2.44. The predicted octanol–water partition coefficient (Wildman–Crippen LogP) is 4.78. The predicted molar refractivity (Wildman–Crippen MR) is 143 cm³/mol. The second-order valence-corrected chi connectivity index (χ2v) is 12.9. The molecule has 1 saturated heterocycles. The van der Waals surface area contributed by atoms with Crippen molar-refractivity contribution in [3.05, 3.63) is 23.3 Å². The van der Waals surface area contributed by atoms with E-state index in [4.69, 9.17) is 23.5 Å². The summed E-state index contributed by atoms with van der Waals surface area (Å²) in [5, 5.41) is 2.93. The highest BCUT2D eigenvalue weighted by molar-refractivity contribution is 7.56. The minimum atomic E-state index is -3.52. The van der Waals surface area contributed by atoms with Crippen LogP contribution < -0.4 is 14.6 Å². The van der Waals surface area contributed by atoms with Crippen LogP contribution in [0.15, 0.2) is 12.1 Å². The number of hydrogen-bond acceptors (Lipinski definition) is 8. The van der Waals surface area contributed by atoms with Crippen LogP contribution in [-0.4, -0.2) is 69.9 Å². The van der Waals surface area contributed by atoms with Crippen LogP contribution in [-0.2, 0) is 29.8 Å². The van der Waals surface area contributed by atoms with Crippen molar-refractivity contribution in [2.24, 2.45) is 11.8 Å². The molecule has 37 heavy (non-hydrogen) atoms. The molecule has 1 N–H and O–H groups in total. The Morgan fingerprint density at radius 1 is 1.11 bits per heavy atom.